The van der Waals surface area contributed by atoms with Crippen molar-refractivity contribution in [3.63, 3.8) is 0 Å². The highest BCUT2D eigenvalue weighted by Crippen LogP contribution is 2.23. The van der Waals surface area contributed by atoms with Crippen LogP contribution >= 0.6 is 12.4 Å². The SMILES string of the molecule is CC1CCNCC1NS(=O)(=O)c1ccc(OC(F)F)c(F)c1.Cl. The first-order valence-corrected chi connectivity index (χ1v) is 8.25. The summed E-state index contributed by atoms with van der Waals surface area (Å²) in [6.45, 7) is 0.0429. The summed E-state index contributed by atoms with van der Waals surface area (Å²) in [7, 11) is -3.93. The second kappa shape index (κ2) is 8.18. The third-order valence-corrected chi connectivity index (χ3v) is 5.05. The molecule has 132 valence electrons. The van der Waals surface area contributed by atoms with Gasteiger partial charge in [0, 0.05) is 12.6 Å². The molecule has 5 nitrogen and oxygen atoms in total. The van der Waals surface area contributed by atoms with E-state index in [9.17, 15) is 21.6 Å². The highest BCUT2D eigenvalue weighted by Gasteiger charge is 2.27. The van der Waals surface area contributed by atoms with E-state index >= 15 is 0 Å². The van der Waals surface area contributed by atoms with E-state index in [1.165, 1.54) is 0 Å². The minimum Gasteiger partial charge on any atom is -0.432 e. The lowest BCUT2D eigenvalue weighted by atomic mass is 9.96. The molecular formula is C13H18ClF3N2O3S. The van der Waals surface area contributed by atoms with E-state index in [0.29, 0.717) is 12.6 Å². The van der Waals surface area contributed by atoms with Crippen LogP contribution in [0.2, 0.25) is 0 Å². The smallest absolute Gasteiger partial charge is 0.387 e. The number of alkyl halides is 2. The lowest BCUT2D eigenvalue weighted by molar-refractivity contribution is -0.0522. The molecule has 1 aromatic rings. The van der Waals surface area contributed by atoms with Crippen molar-refractivity contribution < 1.29 is 26.3 Å². The number of hydrogen-bond acceptors (Lipinski definition) is 4. The van der Waals surface area contributed by atoms with Crippen LogP contribution in [0.25, 0.3) is 0 Å². The first kappa shape index (κ1) is 20.0. The molecule has 1 aliphatic rings. The number of sulfonamides is 1. The van der Waals surface area contributed by atoms with Crippen LogP contribution in [0.3, 0.4) is 0 Å². The fourth-order valence-corrected chi connectivity index (χ4v) is 3.61. The summed E-state index contributed by atoms with van der Waals surface area (Å²) < 4.78 is 68.7. The molecular weight excluding hydrogens is 357 g/mol. The Morgan fingerprint density at radius 2 is 2.09 bits per heavy atom. The third kappa shape index (κ3) is 5.23. The van der Waals surface area contributed by atoms with Crippen LogP contribution in [0.5, 0.6) is 5.75 Å². The Labute approximate surface area is 139 Å². The summed E-state index contributed by atoms with van der Waals surface area (Å²) in [6, 6.07) is 2.27. The lowest BCUT2D eigenvalue weighted by Gasteiger charge is -2.30. The summed E-state index contributed by atoms with van der Waals surface area (Å²) in [5.74, 6) is -1.71. The number of ether oxygens (including phenoxy) is 1. The molecule has 23 heavy (non-hydrogen) atoms. The van der Waals surface area contributed by atoms with Gasteiger partial charge < -0.3 is 10.1 Å². The molecule has 2 atom stereocenters. The fourth-order valence-electron chi connectivity index (χ4n) is 2.26. The number of piperidine rings is 1. The van der Waals surface area contributed by atoms with Gasteiger partial charge in [0.1, 0.15) is 0 Å². The number of rotatable bonds is 5. The Hall–Kier alpha value is -1.03. The second-order valence-electron chi connectivity index (χ2n) is 5.17. The lowest BCUT2D eigenvalue weighted by Crippen LogP contribution is -2.50. The molecule has 2 rings (SSSR count). The highest BCUT2D eigenvalue weighted by atomic mass is 35.5. The normalized spacial score (nSPS) is 21.8. The van der Waals surface area contributed by atoms with Crippen molar-refractivity contribution in [2.24, 2.45) is 5.92 Å². The van der Waals surface area contributed by atoms with Gasteiger partial charge in [0.25, 0.3) is 0 Å². The Balaban J connectivity index is 0.00000264. The van der Waals surface area contributed by atoms with Gasteiger partial charge in [-0.15, -0.1) is 12.4 Å². The zero-order valence-corrected chi connectivity index (χ0v) is 13.9. The van der Waals surface area contributed by atoms with Gasteiger partial charge in [-0.3, -0.25) is 0 Å². The standard InChI is InChI=1S/C13H17F3N2O3S.ClH/c1-8-4-5-17-7-11(8)18-22(19,20)9-2-3-12(10(14)6-9)21-13(15)16;/h2-3,6,8,11,13,17-18H,4-5,7H2,1H3;1H. The first-order chi connectivity index (χ1) is 10.3. The van der Waals surface area contributed by atoms with Crippen LogP contribution in [0.15, 0.2) is 23.1 Å². The van der Waals surface area contributed by atoms with E-state index in [1.54, 1.807) is 0 Å². The zero-order chi connectivity index (χ0) is 16.3. The van der Waals surface area contributed by atoms with Crippen molar-refractivity contribution in [1.29, 1.82) is 0 Å². The van der Waals surface area contributed by atoms with Crippen molar-refractivity contribution in [3.05, 3.63) is 24.0 Å². The minimum absolute atomic E-state index is 0. The van der Waals surface area contributed by atoms with Crippen molar-refractivity contribution >= 4 is 22.4 Å². The molecule has 0 saturated carbocycles. The van der Waals surface area contributed by atoms with Crippen LogP contribution in [-0.4, -0.2) is 34.2 Å². The predicted molar refractivity (Wildman–Crippen MR) is 81.0 cm³/mol. The summed E-state index contributed by atoms with van der Waals surface area (Å²) >= 11 is 0. The topological polar surface area (TPSA) is 67.4 Å². The molecule has 1 aliphatic heterocycles. The third-order valence-electron chi connectivity index (χ3n) is 3.56. The fraction of sp³-hybridized carbons (Fsp3) is 0.538. The Kier molecular flexibility index (Phi) is 7.12. The van der Waals surface area contributed by atoms with Gasteiger partial charge in [0.15, 0.2) is 11.6 Å². The van der Waals surface area contributed by atoms with E-state index in [0.717, 1.165) is 25.1 Å². The van der Waals surface area contributed by atoms with Crippen molar-refractivity contribution in [2.45, 2.75) is 30.9 Å². The van der Waals surface area contributed by atoms with E-state index in [2.05, 4.69) is 14.8 Å². The molecule has 0 aliphatic carbocycles. The van der Waals surface area contributed by atoms with Crippen molar-refractivity contribution in [2.75, 3.05) is 13.1 Å². The van der Waals surface area contributed by atoms with Crippen LogP contribution in [0, 0.1) is 11.7 Å². The maximum Gasteiger partial charge on any atom is 0.387 e. The molecule has 2 N–H and O–H groups in total. The van der Waals surface area contributed by atoms with Gasteiger partial charge in [-0.05, 0) is 37.1 Å². The molecule has 0 spiro atoms. The van der Waals surface area contributed by atoms with Crippen LogP contribution < -0.4 is 14.8 Å². The second-order valence-corrected chi connectivity index (χ2v) is 6.88. The van der Waals surface area contributed by atoms with E-state index in [4.69, 9.17) is 0 Å². The quantitative estimate of drug-likeness (QED) is 0.828. The summed E-state index contributed by atoms with van der Waals surface area (Å²) in [6.07, 6.45) is 0.822. The van der Waals surface area contributed by atoms with Crippen LogP contribution in [0.4, 0.5) is 13.2 Å². The molecule has 0 aromatic heterocycles. The van der Waals surface area contributed by atoms with Gasteiger partial charge in [-0.2, -0.15) is 8.78 Å². The predicted octanol–water partition coefficient (Wildman–Crippen LogP) is 2.13. The molecule has 0 bridgehead atoms. The number of benzene rings is 1. The first-order valence-electron chi connectivity index (χ1n) is 6.77. The zero-order valence-electron chi connectivity index (χ0n) is 12.3. The number of nitrogens with one attached hydrogen (secondary N) is 2. The molecule has 1 heterocycles. The van der Waals surface area contributed by atoms with E-state index < -0.39 is 28.2 Å². The van der Waals surface area contributed by atoms with Gasteiger partial charge in [-0.1, -0.05) is 6.92 Å². The summed E-state index contributed by atoms with van der Waals surface area (Å²) in [5, 5.41) is 3.08. The minimum atomic E-state index is -3.93. The molecule has 1 saturated heterocycles. The van der Waals surface area contributed by atoms with Gasteiger partial charge >= 0.3 is 6.61 Å². The van der Waals surface area contributed by atoms with E-state index in [1.807, 2.05) is 6.92 Å². The molecule has 0 amide bonds. The monoisotopic (exact) mass is 374 g/mol. The number of halogens is 4. The highest BCUT2D eigenvalue weighted by molar-refractivity contribution is 7.89. The summed E-state index contributed by atoms with van der Waals surface area (Å²) in [5.41, 5.74) is 0. The Morgan fingerprint density at radius 3 is 2.65 bits per heavy atom. The van der Waals surface area contributed by atoms with Gasteiger partial charge in [0.05, 0.1) is 4.90 Å². The molecule has 1 fully saturated rings. The van der Waals surface area contributed by atoms with Crippen molar-refractivity contribution in [3.8, 4) is 5.75 Å². The Morgan fingerprint density at radius 1 is 1.39 bits per heavy atom. The maximum absolute atomic E-state index is 13.6. The summed E-state index contributed by atoms with van der Waals surface area (Å²) in [4.78, 5) is -0.329. The average Bonchev–Trinajstić information content (AvgIpc) is 2.43. The maximum atomic E-state index is 13.6. The molecule has 2 unspecified atom stereocenters. The van der Waals surface area contributed by atoms with Crippen molar-refractivity contribution in [1.82, 2.24) is 10.0 Å². The van der Waals surface area contributed by atoms with Gasteiger partial charge in [-0.25, -0.2) is 17.5 Å². The molecule has 10 heteroatoms. The molecule has 0 radical (unpaired) electrons. The Bertz CT molecular complexity index is 631. The van der Waals surface area contributed by atoms with E-state index in [-0.39, 0.29) is 29.3 Å². The number of hydrogen-bond donors (Lipinski definition) is 2. The van der Waals surface area contributed by atoms with Crippen LogP contribution in [-0.2, 0) is 10.0 Å². The van der Waals surface area contributed by atoms with Crippen LogP contribution in [0.1, 0.15) is 13.3 Å². The molecule has 1 aromatic carbocycles. The van der Waals surface area contributed by atoms with Gasteiger partial charge in [0.2, 0.25) is 10.0 Å². The largest absolute Gasteiger partial charge is 0.432 e. The average molecular weight is 375 g/mol.